The van der Waals surface area contributed by atoms with Crippen molar-refractivity contribution in [2.75, 3.05) is 0 Å². The molecule has 2 atom stereocenters. The van der Waals surface area contributed by atoms with Crippen molar-refractivity contribution >= 4 is 0 Å². The molecule has 1 aliphatic carbocycles. The van der Waals surface area contributed by atoms with Crippen molar-refractivity contribution in [3.63, 3.8) is 0 Å². The van der Waals surface area contributed by atoms with Gasteiger partial charge in [0, 0.05) is 24.9 Å². The van der Waals surface area contributed by atoms with E-state index >= 15 is 0 Å². The van der Waals surface area contributed by atoms with Crippen molar-refractivity contribution in [1.82, 2.24) is 9.55 Å². The van der Waals surface area contributed by atoms with E-state index in [9.17, 15) is 5.11 Å². The predicted octanol–water partition coefficient (Wildman–Crippen LogP) is 2.56. The fourth-order valence-corrected chi connectivity index (χ4v) is 2.67. The van der Waals surface area contributed by atoms with Gasteiger partial charge in [-0.15, -0.1) is 0 Å². The Morgan fingerprint density at radius 3 is 2.94 bits per heavy atom. The first-order valence-corrected chi connectivity index (χ1v) is 6.37. The van der Waals surface area contributed by atoms with Crippen LogP contribution in [0.25, 0.3) is 0 Å². The van der Waals surface area contributed by atoms with Gasteiger partial charge in [0.15, 0.2) is 0 Å². The molecule has 3 heteroatoms. The summed E-state index contributed by atoms with van der Waals surface area (Å²) < 4.78 is 2.23. The molecule has 2 rings (SSSR count). The highest BCUT2D eigenvalue weighted by atomic mass is 16.3. The molecule has 16 heavy (non-hydrogen) atoms. The molecule has 1 saturated carbocycles. The lowest BCUT2D eigenvalue weighted by atomic mass is 10.0. The highest BCUT2D eigenvalue weighted by molar-refractivity contribution is 4.97. The van der Waals surface area contributed by atoms with E-state index in [-0.39, 0.29) is 6.10 Å². The van der Waals surface area contributed by atoms with Crippen LogP contribution in [0.2, 0.25) is 0 Å². The van der Waals surface area contributed by atoms with Gasteiger partial charge in [-0.1, -0.05) is 20.3 Å². The summed E-state index contributed by atoms with van der Waals surface area (Å²) in [6.45, 7) is 5.34. The molecule has 0 aromatic carbocycles. The molecule has 0 bridgehead atoms. The van der Waals surface area contributed by atoms with E-state index in [0.717, 1.165) is 25.2 Å². The van der Waals surface area contributed by atoms with Crippen molar-refractivity contribution in [1.29, 1.82) is 0 Å². The van der Waals surface area contributed by atoms with Crippen molar-refractivity contribution in [3.8, 4) is 0 Å². The fourth-order valence-electron chi connectivity index (χ4n) is 2.67. The summed E-state index contributed by atoms with van der Waals surface area (Å²) in [4.78, 5) is 4.38. The highest BCUT2D eigenvalue weighted by Gasteiger charge is 2.24. The summed E-state index contributed by atoms with van der Waals surface area (Å²) in [5.41, 5.74) is 0. The number of aliphatic hydroxyl groups is 1. The quantitative estimate of drug-likeness (QED) is 0.850. The zero-order valence-corrected chi connectivity index (χ0v) is 10.3. The molecular formula is C13H22N2O. The Kier molecular flexibility index (Phi) is 3.64. The summed E-state index contributed by atoms with van der Waals surface area (Å²) in [5, 5.41) is 9.77. The number of nitrogens with zero attached hydrogens (tertiary/aromatic N) is 2. The largest absolute Gasteiger partial charge is 0.393 e. The second-order valence-corrected chi connectivity index (χ2v) is 5.18. The highest BCUT2D eigenvalue weighted by Crippen LogP contribution is 2.29. The summed E-state index contributed by atoms with van der Waals surface area (Å²) in [7, 11) is 0. The number of hydrogen-bond donors (Lipinski definition) is 1. The summed E-state index contributed by atoms with van der Waals surface area (Å²) in [5.74, 6) is 2.14. The van der Waals surface area contributed by atoms with Crippen LogP contribution >= 0.6 is 0 Å². The van der Waals surface area contributed by atoms with Crippen LogP contribution in [-0.4, -0.2) is 20.8 Å². The number of aromatic nitrogens is 2. The normalized spacial score (nSPS) is 25.5. The van der Waals surface area contributed by atoms with Gasteiger partial charge >= 0.3 is 0 Å². The maximum Gasteiger partial charge on any atom is 0.111 e. The molecule has 0 saturated heterocycles. The van der Waals surface area contributed by atoms with E-state index in [2.05, 4.69) is 29.6 Å². The maximum atomic E-state index is 9.77. The minimum atomic E-state index is -0.0639. The van der Waals surface area contributed by atoms with Gasteiger partial charge in [-0.3, -0.25) is 0 Å². The molecule has 0 spiro atoms. The van der Waals surface area contributed by atoms with Crippen LogP contribution in [0.3, 0.4) is 0 Å². The minimum absolute atomic E-state index is 0.0639. The molecule has 1 fully saturated rings. The second-order valence-electron chi connectivity index (χ2n) is 5.18. The molecule has 1 aromatic rings. The Morgan fingerprint density at radius 2 is 2.31 bits per heavy atom. The average Bonchev–Trinajstić information content (AvgIpc) is 2.83. The Labute approximate surface area is 97.5 Å². The Morgan fingerprint density at radius 1 is 1.50 bits per heavy atom. The summed E-state index contributed by atoms with van der Waals surface area (Å²) in [6, 6.07) is 0. The number of hydrogen-bond acceptors (Lipinski definition) is 2. The lowest BCUT2D eigenvalue weighted by Gasteiger charge is -2.16. The molecule has 0 aliphatic heterocycles. The minimum Gasteiger partial charge on any atom is -0.393 e. The molecule has 2 unspecified atom stereocenters. The van der Waals surface area contributed by atoms with Gasteiger partial charge in [-0.05, 0) is 25.2 Å². The topological polar surface area (TPSA) is 38.0 Å². The van der Waals surface area contributed by atoms with Crippen LogP contribution in [0.5, 0.6) is 0 Å². The molecular weight excluding hydrogens is 200 g/mol. The molecule has 0 amide bonds. The van der Waals surface area contributed by atoms with Gasteiger partial charge in [0.25, 0.3) is 0 Å². The molecule has 90 valence electrons. The zero-order chi connectivity index (χ0) is 11.5. The fraction of sp³-hybridized carbons (Fsp3) is 0.769. The van der Waals surface area contributed by atoms with Crippen LogP contribution in [0.15, 0.2) is 12.4 Å². The second kappa shape index (κ2) is 5.00. The first-order valence-electron chi connectivity index (χ1n) is 6.37. The van der Waals surface area contributed by atoms with Crippen LogP contribution in [0.1, 0.15) is 51.3 Å². The van der Waals surface area contributed by atoms with Crippen molar-refractivity contribution in [2.45, 2.75) is 58.1 Å². The summed E-state index contributed by atoms with van der Waals surface area (Å²) >= 11 is 0. The first kappa shape index (κ1) is 11.6. The van der Waals surface area contributed by atoms with E-state index < -0.39 is 0 Å². The van der Waals surface area contributed by atoms with Gasteiger partial charge in [0.2, 0.25) is 0 Å². The lowest BCUT2D eigenvalue weighted by molar-refractivity contribution is 0.125. The summed E-state index contributed by atoms with van der Waals surface area (Å²) in [6.07, 6.45) is 8.31. The molecule has 0 radical (unpaired) electrons. The molecule has 1 N–H and O–H groups in total. The SMILES string of the molecule is CC(C)c1nccn1CCC1CCCC1O. The molecule has 3 nitrogen and oxygen atoms in total. The van der Waals surface area contributed by atoms with E-state index in [1.165, 1.54) is 12.8 Å². The van der Waals surface area contributed by atoms with Crippen molar-refractivity contribution in [2.24, 2.45) is 5.92 Å². The van der Waals surface area contributed by atoms with Crippen molar-refractivity contribution in [3.05, 3.63) is 18.2 Å². The first-order chi connectivity index (χ1) is 7.68. The van der Waals surface area contributed by atoms with Crippen LogP contribution in [-0.2, 0) is 6.54 Å². The Hall–Kier alpha value is -0.830. The molecule has 1 aliphatic rings. The number of imidazole rings is 1. The van der Waals surface area contributed by atoms with Gasteiger partial charge in [-0.2, -0.15) is 0 Å². The average molecular weight is 222 g/mol. The van der Waals surface area contributed by atoms with Crippen molar-refractivity contribution < 1.29 is 5.11 Å². The van der Waals surface area contributed by atoms with Gasteiger partial charge < -0.3 is 9.67 Å². The zero-order valence-electron chi connectivity index (χ0n) is 10.3. The third-order valence-electron chi connectivity index (χ3n) is 3.62. The van der Waals surface area contributed by atoms with Crippen LogP contribution in [0.4, 0.5) is 0 Å². The molecule has 1 heterocycles. The van der Waals surface area contributed by atoms with E-state index in [1.54, 1.807) is 0 Å². The standard InChI is InChI=1S/C13H22N2O/c1-10(2)13-14-7-9-15(13)8-6-11-4-3-5-12(11)16/h7,9-12,16H,3-6,8H2,1-2H3. The Bertz CT molecular complexity index is 332. The van der Waals surface area contributed by atoms with Gasteiger partial charge in [0.05, 0.1) is 6.10 Å². The third kappa shape index (κ3) is 2.46. The Balaban J connectivity index is 1.91. The lowest BCUT2D eigenvalue weighted by Crippen LogP contribution is -2.16. The monoisotopic (exact) mass is 222 g/mol. The van der Waals surface area contributed by atoms with E-state index in [1.807, 2.05) is 6.20 Å². The van der Waals surface area contributed by atoms with Crippen LogP contribution < -0.4 is 0 Å². The van der Waals surface area contributed by atoms with E-state index in [4.69, 9.17) is 0 Å². The number of aliphatic hydroxyl groups excluding tert-OH is 1. The van der Waals surface area contributed by atoms with E-state index in [0.29, 0.717) is 11.8 Å². The number of aryl methyl sites for hydroxylation is 1. The van der Waals surface area contributed by atoms with Gasteiger partial charge in [-0.25, -0.2) is 4.98 Å². The van der Waals surface area contributed by atoms with Gasteiger partial charge in [0.1, 0.15) is 5.82 Å². The smallest absolute Gasteiger partial charge is 0.111 e. The number of rotatable bonds is 4. The maximum absolute atomic E-state index is 9.77. The third-order valence-corrected chi connectivity index (χ3v) is 3.62. The predicted molar refractivity (Wildman–Crippen MR) is 64.3 cm³/mol. The van der Waals surface area contributed by atoms with Crippen LogP contribution in [0, 0.1) is 5.92 Å². The molecule has 1 aromatic heterocycles.